The van der Waals surface area contributed by atoms with Crippen molar-refractivity contribution in [2.75, 3.05) is 0 Å². The summed E-state index contributed by atoms with van der Waals surface area (Å²) < 4.78 is 12.5. The van der Waals surface area contributed by atoms with E-state index < -0.39 is 0 Å². The fourth-order valence-electron chi connectivity index (χ4n) is 0.815. The van der Waals surface area contributed by atoms with Crippen LogP contribution in [0.5, 0.6) is 0 Å². The predicted molar refractivity (Wildman–Crippen MR) is 33.8 cm³/mol. The van der Waals surface area contributed by atoms with E-state index in [1.807, 2.05) is 0 Å². The number of halogens is 1. The number of aliphatic hydroxyl groups excluding tert-OH is 1. The van der Waals surface area contributed by atoms with Crippen molar-refractivity contribution in [3.05, 3.63) is 23.2 Å². The first-order chi connectivity index (χ1) is 4.22. The van der Waals surface area contributed by atoms with Gasteiger partial charge in [0.15, 0.2) is 0 Å². The van der Waals surface area contributed by atoms with Crippen LogP contribution in [0.2, 0.25) is 0 Å². The lowest BCUT2D eigenvalue weighted by molar-refractivity contribution is 0.405. The smallest absolute Gasteiger partial charge is 0.117 e. The zero-order valence-corrected chi connectivity index (χ0v) is 5.32. The zero-order valence-electron chi connectivity index (χ0n) is 5.32. The molecule has 0 saturated carbocycles. The maximum atomic E-state index is 12.5. The molecule has 1 nitrogen and oxygen atoms in total. The van der Waals surface area contributed by atoms with E-state index >= 15 is 0 Å². The number of rotatable bonds is 0. The number of hydrogen-bond donors (Lipinski definition) is 1. The van der Waals surface area contributed by atoms with Crippen LogP contribution in [-0.2, 0) is 0 Å². The Labute approximate surface area is 53.5 Å². The average Bonchev–Trinajstić information content (AvgIpc) is 1.83. The van der Waals surface area contributed by atoms with Crippen molar-refractivity contribution in [1.29, 1.82) is 0 Å². The first kappa shape index (κ1) is 6.33. The van der Waals surface area contributed by atoms with E-state index in [0.29, 0.717) is 18.4 Å². The lowest BCUT2D eigenvalue weighted by atomic mass is 10.1. The van der Waals surface area contributed by atoms with E-state index in [1.54, 1.807) is 13.0 Å². The highest BCUT2D eigenvalue weighted by atomic mass is 19.1. The lowest BCUT2D eigenvalue weighted by Crippen LogP contribution is -1.93. The van der Waals surface area contributed by atoms with Crippen LogP contribution < -0.4 is 0 Å². The Morgan fingerprint density at radius 3 is 2.78 bits per heavy atom. The molecule has 0 unspecified atom stereocenters. The highest BCUT2D eigenvalue weighted by molar-refractivity contribution is 5.28. The number of aliphatic hydroxyl groups is 1. The average molecular weight is 128 g/mol. The Bertz CT molecular complexity index is 179. The topological polar surface area (TPSA) is 20.2 Å². The van der Waals surface area contributed by atoms with Crippen molar-refractivity contribution in [2.24, 2.45) is 0 Å². The minimum atomic E-state index is -0.185. The van der Waals surface area contributed by atoms with Crippen molar-refractivity contribution in [3.63, 3.8) is 0 Å². The predicted octanol–water partition coefficient (Wildman–Crippen LogP) is 2.47. The molecule has 0 atom stereocenters. The first-order valence-electron chi connectivity index (χ1n) is 2.96. The SMILES string of the molecule is CC1=C(F)CCC=C1O. The molecule has 0 bridgehead atoms. The second-order valence-electron chi connectivity index (χ2n) is 2.16. The molecule has 0 aliphatic heterocycles. The summed E-state index contributed by atoms with van der Waals surface area (Å²) in [6.07, 6.45) is 2.70. The van der Waals surface area contributed by atoms with Gasteiger partial charge in [-0.2, -0.15) is 0 Å². The second kappa shape index (κ2) is 2.21. The Morgan fingerprint density at radius 1 is 1.67 bits per heavy atom. The fourth-order valence-corrected chi connectivity index (χ4v) is 0.815. The van der Waals surface area contributed by atoms with Gasteiger partial charge in [-0.15, -0.1) is 0 Å². The van der Waals surface area contributed by atoms with Gasteiger partial charge in [-0.3, -0.25) is 0 Å². The van der Waals surface area contributed by atoms with Crippen molar-refractivity contribution < 1.29 is 9.50 Å². The highest BCUT2D eigenvalue weighted by Gasteiger charge is 2.09. The van der Waals surface area contributed by atoms with Gasteiger partial charge in [0, 0.05) is 12.0 Å². The van der Waals surface area contributed by atoms with E-state index in [0.717, 1.165) is 0 Å². The largest absolute Gasteiger partial charge is 0.508 e. The fraction of sp³-hybridized carbons (Fsp3) is 0.429. The van der Waals surface area contributed by atoms with Crippen molar-refractivity contribution in [1.82, 2.24) is 0 Å². The van der Waals surface area contributed by atoms with Gasteiger partial charge < -0.3 is 5.11 Å². The molecule has 9 heavy (non-hydrogen) atoms. The Kier molecular flexibility index (Phi) is 1.56. The van der Waals surface area contributed by atoms with Crippen LogP contribution in [0.25, 0.3) is 0 Å². The first-order valence-corrected chi connectivity index (χ1v) is 2.96. The van der Waals surface area contributed by atoms with E-state index in [-0.39, 0.29) is 11.6 Å². The molecule has 0 radical (unpaired) electrons. The molecule has 0 fully saturated rings. The zero-order chi connectivity index (χ0) is 6.85. The van der Waals surface area contributed by atoms with Crippen LogP contribution in [0.4, 0.5) is 4.39 Å². The van der Waals surface area contributed by atoms with Crippen molar-refractivity contribution in [3.8, 4) is 0 Å². The molecule has 0 amide bonds. The maximum absolute atomic E-state index is 12.5. The summed E-state index contributed by atoms with van der Waals surface area (Å²) in [5, 5.41) is 8.91. The van der Waals surface area contributed by atoms with E-state index in [9.17, 15) is 4.39 Å². The third kappa shape index (κ3) is 1.12. The standard InChI is InChI=1S/C7H9FO/c1-5-6(8)3-2-4-7(5)9/h4,9H,2-3H2,1H3. The van der Waals surface area contributed by atoms with Crippen LogP contribution in [0.1, 0.15) is 19.8 Å². The monoisotopic (exact) mass is 128 g/mol. The molecular weight excluding hydrogens is 119 g/mol. The Hall–Kier alpha value is -0.790. The summed E-state index contributed by atoms with van der Waals surface area (Å²) in [4.78, 5) is 0. The molecule has 1 rings (SSSR count). The van der Waals surface area contributed by atoms with Crippen molar-refractivity contribution in [2.45, 2.75) is 19.8 Å². The molecule has 0 aromatic carbocycles. The van der Waals surface area contributed by atoms with E-state index in [4.69, 9.17) is 5.11 Å². The summed E-state index contributed by atoms with van der Waals surface area (Å²) in [7, 11) is 0. The molecule has 0 spiro atoms. The van der Waals surface area contributed by atoms with Gasteiger partial charge in [-0.05, 0) is 19.4 Å². The van der Waals surface area contributed by atoms with Gasteiger partial charge in [0.05, 0.1) is 0 Å². The van der Waals surface area contributed by atoms with Gasteiger partial charge >= 0.3 is 0 Å². The van der Waals surface area contributed by atoms with Crippen molar-refractivity contribution >= 4 is 0 Å². The molecular formula is C7H9FO. The molecule has 1 N–H and O–H groups in total. The van der Waals surface area contributed by atoms with Gasteiger partial charge in [0.2, 0.25) is 0 Å². The summed E-state index contributed by atoms with van der Waals surface area (Å²) >= 11 is 0. The minimum absolute atomic E-state index is 0.0961. The van der Waals surface area contributed by atoms with E-state index in [1.165, 1.54) is 0 Å². The highest BCUT2D eigenvalue weighted by Crippen LogP contribution is 2.23. The molecule has 0 aromatic heterocycles. The molecule has 0 aromatic rings. The summed E-state index contributed by atoms with van der Waals surface area (Å²) in [5.41, 5.74) is 0.390. The van der Waals surface area contributed by atoms with Crippen LogP contribution in [0.3, 0.4) is 0 Å². The quantitative estimate of drug-likeness (QED) is 0.531. The maximum Gasteiger partial charge on any atom is 0.117 e. The molecule has 1 aliphatic rings. The number of allylic oxidation sites excluding steroid dienone is 3. The van der Waals surface area contributed by atoms with Gasteiger partial charge in [-0.1, -0.05) is 0 Å². The lowest BCUT2D eigenvalue weighted by Gasteiger charge is -2.07. The van der Waals surface area contributed by atoms with E-state index in [2.05, 4.69) is 0 Å². The summed E-state index contributed by atoms with van der Waals surface area (Å²) in [6, 6.07) is 0. The van der Waals surface area contributed by atoms with Gasteiger partial charge in [0.1, 0.15) is 11.6 Å². The van der Waals surface area contributed by atoms with Gasteiger partial charge in [-0.25, -0.2) is 4.39 Å². The Morgan fingerprint density at radius 2 is 2.33 bits per heavy atom. The molecule has 0 heterocycles. The van der Waals surface area contributed by atoms with Crippen LogP contribution >= 0.6 is 0 Å². The normalized spacial score (nSPS) is 20.0. The third-order valence-corrected chi connectivity index (χ3v) is 1.49. The minimum Gasteiger partial charge on any atom is -0.508 e. The van der Waals surface area contributed by atoms with Crippen LogP contribution in [-0.4, -0.2) is 5.11 Å². The number of hydrogen-bond acceptors (Lipinski definition) is 1. The molecule has 50 valence electrons. The Balaban J connectivity index is 2.88. The second-order valence-corrected chi connectivity index (χ2v) is 2.16. The third-order valence-electron chi connectivity index (χ3n) is 1.49. The van der Waals surface area contributed by atoms with Gasteiger partial charge in [0.25, 0.3) is 0 Å². The van der Waals surface area contributed by atoms with Crippen LogP contribution in [0.15, 0.2) is 23.2 Å². The summed E-state index contributed by atoms with van der Waals surface area (Å²) in [5.74, 6) is -0.0891. The summed E-state index contributed by atoms with van der Waals surface area (Å²) in [6.45, 7) is 1.58. The molecule has 1 aliphatic carbocycles. The molecule has 0 saturated heterocycles. The van der Waals surface area contributed by atoms with Crippen LogP contribution in [0, 0.1) is 0 Å². The molecule has 2 heteroatoms.